The second-order valence-corrected chi connectivity index (χ2v) is 15.8. The number of rotatable bonds is 12. The Labute approximate surface area is 328 Å². The van der Waals surface area contributed by atoms with Gasteiger partial charge in [0.25, 0.3) is 21.6 Å². The lowest BCUT2D eigenvalue weighted by molar-refractivity contribution is -0.384. The number of nitro groups is 1. The SMILES string of the molecule is Cc1c(C(N)=O)c(-c2cccc(N3CCN(c4ccc(NS(=O)(=O)c5ccc(NSc6ccccc6)c([N+](=O)[O-])c5)cc4)CC3)c2)c(-c2ccc(F)cc2)n1C. The molecule has 4 N–H and O–H groups in total. The number of anilines is 4. The highest BCUT2D eigenvalue weighted by Gasteiger charge is 2.26. The minimum Gasteiger partial charge on any atom is -0.368 e. The Balaban J connectivity index is 1.03. The molecule has 0 atom stereocenters. The van der Waals surface area contributed by atoms with Crippen LogP contribution in [0.25, 0.3) is 22.4 Å². The molecule has 1 aliphatic rings. The van der Waals surface area contributed by atoms with Crippen LogP contribution >= 0.6 is 11.9 Å². The predicted molar refractivity (Wildman–Crippen MR) is 220 cm³/mol. The molecule has 2 heterocycles. The van der Waals surface area contributed by atoms with Gasteiger partial charge in [-0.1, -0.05) is 30.3 Å². The molecule has 0 aliphatic carbocycles. The fraction of sp³-hybridized carbons (Fsp3) is 0.146. The van der Waals surface area contributed by atoms with Gasteiger partial charge < -0.3 is 24.8 Å². The van der Waals surface area contributed by atoms with Gasteiger partial charge in [-0.3, -0.25) is 19.6 Å². The zero-order valence-corrected chi connectivity index (χ0v) is 32.1. The largest absolute Gasteiger partial charge is 0.368 e. The van der Waals surface area contributed by atoms with Crippen LogP contribution in [0.5, 0.6) is 0 Å². The van der Waals surface area contributed by atoms with Crippen LogP contribution in [0.1, 0.15) is 16.1 Å². The minimum absolute atomic E-state index is 0.180. The summed E-state index contributed by atoms with van der Waals surface area (Å²) >= 11 is 1.19. The van der Waals surface area contributed by atoms with E-state index in [-0.39, 0.29) is 22.1 Å². The van der Waals surface area contributed by atoms with Crippen LogP contribution in [-0.4, -0.2) is 50.0 Å². The maximum Gasteiger partial charge on any atom is 0.294 e. The molecule has 15 heteroatoms. The lowest BCUT2D eigenvalue weighted by Gasteiger charge is -2.37. The molecular weight excluding hydrogens is 754 g/mol. The van der Waals surface area contributed by atoms with E-state index in [1.807, 2.05) is 85.3 Å². The van der Waals surface area contributed by atoms with Crippen LogP contribution in [0.3, 0.4) is 0 Å². The molecule has 0 spiro atoms. The number of amides is 1. The number of halogens is 1. The van der Waals surface area contributed by atoms with E-state index in [0.29, 0.717) is 48.7 Å². The van der Waals surface area contributed by atoms with E-state index >= 15 is 0 Å². The Kier molecular flexibility index (Phi) is 10.7. The summed E-state index contributed by atoms with van der Waals surface area (Å²) < 4.78 is 47.8. The van der Waals surface area contributed by atoms with E-state index in [0.717, 1.165) is 39.2 Å². The molecule has 56 heavy (non-hydrogen) atoms. The number of hydrogen-bond acceptors (Lipinski definition) is 9. The van der Waals surface area contributed by atoms with Crippen molar-refractivity contribution in [3.05, 3.63) is 149 Å². The summed E-state index contributed by atoms with van der Waals surface area (Å²) in [6.07, 6.45) is 0. The second kappa shape index (κ2) is 15.8. The van der Waals surface area contributed by atoms with E-state index < -0.39 is 20.9 Å². The average Bonchev–Trinajstić information content (AvgIpc) is 3.47. The summed E-state index contributed by atoms with van der Waals surface area (Å²) in [5, 5.41) is 11.9. The second-order valence-electron chi connectivity index (χ2n) is 13.2. The van der Waals surface area contributed by atoms with Gasteiger partial charge in [0.05, 0.1) is 21.1 Å². The Bertz CT molecular complexity index is 2520. The van der Waals surface area contributed by atoms with E-state index in [2.05, 4.69) is 19.2 Å². The zero-order valence-electron chi connectivity index (χ0n) is 30.5. The highest BCUT2D eigenvalue weighted by atomic mass is 32.2. The Morgan fingerprint density at radius 1 is 0.821 bits per heavy atom. The number of nitro benzene ring substituents is 1. The lowest BCUT2D eigenvalue weighted by atomic mass is 9.96. The van der Waals surface area contributed by atoms with Crippen molar-refractivity contribution >= 4 is 56.3 Å². The average molecular weight is 792 g/mol. The van der Waals surface area contributed by atoms with Gasteiger partial charge in [0.15, 0.2) is 0 Å². The molecule has 0 unspecified atom stereocenters. The van der Waals surface area contributed by atoms with E-state index in [9.17, 15) is 27.7 Å². The molecule has 1 aliphatic heterocycles. The number of carbonyl (C=O) groups is 1. The molecule has 1 aromatic heterocycles. The van der Waals surface area contributed by atoms with Crippen LogP contribution in [0.15, 0.2) is 131 Å². The first kappa shape index (κ1) is 38.0. The van der Waals surface area contributed by atoms with E-state index in [1.165, 1.54) is 36.2 Å². The lowest BCUT2D eigenvalue weighted by Crippen LogP contribution is -2.46. The number of primary amides is 1. The first-order chi connectivity index (χ1) is 26.9. The standard InChI is InChI=1S/C41H38FN7O5S2/c1-27-38(41(43)50)39(40(46(27)2)28-11-13-30(42)14-12-28)29-7-6-8-33(25-29)48-23-21-47(22-24-48)32-17-15-31(16-18-32)45-56(53,54)35-19-20-36(37(26-35)49(51)52)44-55-34-9-4-3-5-10-34/h3-20,25-26,44-45H,21-24H2,1-2H3,(H2,43,50). The van der Waals surface area contributed by atoms with Crippen molar-refractivity contribution in [2.45, 2.75) is 16.7 Å². The van der Waals surface area contributed by atoms with E-state index in [1.54, 1.807) is 24.3 Å². The molecular formula is C41H38FN7O5S2. The van der Waals surface area contributed by atoms with E-state index in [4.69, 9.17) is 5.73 Å². The minimum atomic E-state index is -4.13. The topological polar surface area (TPSA) is 156 Å². The molecule has 1 saturated heterocycles. The Morgan fingerprint density at radius 2 is 1.48 bits per heavy atom. The third-order valence-electron chi connectivity index (χ3n) is 9.81. The number of nitrogens with two attached hydrogens (primary N) is 1. The van der Waals surface area contributed by atoms with Gasteiger partial charge in [0.1, 0.15) is 11.5 Å². The fourth-order valence-electron chi connectivity index (χ4n) is 6.88. The van der Waals surface area contributed by atoms with Crippen LogP contribution in [0.4, 0.5) is 32.8 Å². The van der Waals surface area contributed by atoms with Crippen molar-refractivity contribution in [3.8, 4) is 22.4 Å². The van der Waals surface area contributed by atoms with Crippen molar-refractivity contribution in [1.82, 2.24) is 4.57 Å². The summed E-state index contributed by atoms with van der Waals surface area (Å²) in [6.45, 7) is 4.64. The quantitative estimate of drug-likeness (QED) is 0.0634. The zero-order chi connectivity index (χ0) is 39.6. The summed E-state index contributed by atoms with van der Waals surface area (Å²) in [5.41, 5.74) is 12.1. The molecule has 12 nitrogen and oxygen atoms in total. The van der Waals surface area contributed by atoms with Crippen molar-refractivity contribution in [2.75, 3.05) is 45.4 Å². The number of nitrogens with one attached hydrogen (secondary N) is 2. The van der Waals surface area contributed by atoms with Gasteiger partial charge in [-0.25, -0.2) is 12.8 Å². The normalized spacial score (nSPS) is 13.1. The third kappa shape index (κ3) is 7.90. The fourth-order valence-corrected chi connectivity index (χ4v) is 8.66. The number of nitrogens with zero attached hydrogens (tertiary/aromatic N) is 4. The van der Waals surface area contributed by atoms with Crippen LogP contribution in [-0.2, 0) is 17.1 Å². The maximum atomic E-state index is 13.8. The molecule has 0 saturated carbocycles. The summed E-state index contributed by atoms with van der Waals surface area (Å²) in [7, 11) is -2.27. The number of carbonyl (C=O) groups excluding carboxylic acids is 1. The predicted octanol–water partition coefficient (Wildman–Crippen LogP) is 8.06. The molecule has 1 fully saturated rings. The van der Waals surface area contributed by atoms with Crippen molar-refractivity contribution in [3.63, 3.8) is 0 Å². The third-order valence-corrected chi connectivity index (χ3v) is 12.0. The van der Waals surface area contributed by atoms with Crippen molar-refractivity contribution in [2.24, 2.45) is 12.8 Å². The van der Waals surface area contributed by atoms with Crippen LogP contribution < -0.4 is 25.0 Å². The monoisotopic (exact) mass is 791 g/mol. The first-order valence-corrected chi connectivity index (χ1v) is 19.9. The van der Waals surface area contributed by atoms with Gasteiger partial charge in [-0.05, 0) is 115 Å². The Morgan fingerprint density at radius 3 is 2.12 bits per heavy atom. The smallest absolute Gasteiger partial charge is 0.294 e. The molecule has 6 aromatic rings. The van der Waals surface area contributed by atoms with Crippen LogP contribution in [0, 0.1) is 22.9 Å². The molecule has 286 valence electrons. The number of piperazine rings is 1. The molecule has 7 rings (SSSR count). The van der Waals surface area contributed by atoms with Gasteiger partial charge in [-0.2, -0.15) is 0 Å². The number of hydrogen-bond donors (Lipinski definition) is 3. The number of sulfonamides is 1. The highest BCUT2D eigenvalue weighted by Crippen LogP contribution is 2.40. The van der Waals surface area contributed by atoms with Gasteiger partial charge in [-0.15, -0.1) is 0 Å². The molecule has 0 radical (unpaired) electrons. The molecule has 0 bridgehead atoms. The van der Waals surface area contributed by atoms with Crippen molar-refractivity contribution < 1.29 is 22.5 Å². The summed E-state index contributed by atoms with van der Waals surface area (Å²) in [4.78, 5) is 29.1. The first-order valence-electron chi connectivity index (χ1n) is 17.6. The molecule has 5 aromatic carbocycles. The summed E-state index contributed by atoms with van der Waals surface area (Å²) in [5.74, 6) is -0.887. The van der Waals surface area contributed by atoms with Gasteiger partial charge in [0, 0.05) is 72.5 Å². The molecule has 1 amide bonds. The summed E-state index contributed by atoms with van der Waals surface area (Å²) in [6, 6.07) is 34.2. The maximum absolute atomic E-state index is 13.8. The van der Waals surface area contributed by atoms with Crippen LogP contribution in [0.2, 0.25) is 0 Å². The Hall–Kier alpha value is -6.32. The number of benzene rings is 5. The number of aromatic nitrogens is 1. The van der Waals surface area contributed by atoms with Gasteiger partial charge in [0.2, 0.25) is 0 Å². The van der Waals surface area contributed by atoms with Crippen molar-refractivity contribution in [1.29, 1.82) is 0 Å². The highest BCUT2D eigenvalue weighted by molar-refractivity contribution is 8.00. The van der Waals surface area contributed by atoms with Gasteiger partial charge >= 0.3 is 0 Å².